The molecule has 1 heterocycles. The van der Waals surface area contributed by atoms with Gasteiger partial charge in [0.2, 0.25) is 0 Å². The molecule has 0 aromatic heterocycles. The van der Waals surface area contributed by atoms with Crippen LogP contribution in [0.25, 0.3) is 0 Å². The molecule has 1 atom stereocenters. The number of aromatic carboxylic acids is 1. The summed E-state index contributed by atoms with van der Waals surface area (Å²) in [6.45, 7) is 2.39. The second-order valence-electron chi connectivity index (χ2n) is 4.02. The molecule has 1 aromatic carbocycles. The van der Waals surface area contributed by atoms with Crippen LogP contribution in [0.3, 0.4) is 0 Å². The Kier molecular flexibility index (Phi) is 2.30. The molecule has 2 amide bonds. The Labute approximate surface area is 92.5 Å². The Balaban J connectivity index is 2.28. The number of amides is 2. The molecule has 0 radical (unpaired) electrons. The summed E-state index contributed by atoms with van der Waals surface area (Å²) in [5, 5.41) is 14.2. The first-order valence-electron chi connectivity index (χ1n) is 4.91. The van der Waals surface area contributed by atoms with Crippen LogP contribution in [0.1, 0.15) is 22.8 Å². The Morgan fingerprint density at radius 3 is 2.44 bits per heavy atom. The van der Waals surface area contributed by atoms with Crippen molar-refractivity contribution in [3.05, 3.63) is 35.4 Å². The van der Waals surface area contributed by atoms with Crippen LogP contribution in [0.15, 0.2) is 24.3 Å². The van der Waals surface area contributed by atoms with Crippen LogP contribution in [0.4, 0.5) is 4.79 Å². The molecule has 0 bridgehead atoms. The van der Waals surface area contributed by atoms with Gasteiger partial charge in [-0.15, -0.1) is 0 Å². The first-order valence-corrected chi connectivity index (χ1v) is 4.91. The Hall–Kier alpha value is -2.04. The third-order valence-corrected chi connectivity index (χ3v) is 2.76. The molecular weight excluding hydrogens is 208 g/mol. The molecule has 1 aromatic rings. The summed E-state index contributed by atoms with van der Waals surface area (Å²) in [5.74, 6) is -0.953. The highest BCUT2D eigenvalue weighted by Gasteiger charge is 2.34. The topological polar surface area (TPSA) is 78.4 Å². The summed E-state index contributed by atoms with van der Waals surface area (Å²) in [6.07, 6.45) is 0. The lowest BCUT2D eigenvalue weighted by Crippen LogP contribution is -2.37. The molecule has 5 heteroatoms. The van der Waals surface area contributed by atoms with Crippen LogP contribution in [-0.2, 0) is 5.54 Å². The lowest BCUT2D eigenvalue weighted by atomic mass is 9.92. The zero-order valence-electron chi connectivity index (χ0n) is 8.78. The van der Waals surface area contributed by atoms with Gasteiger partial charge < -0.3 is 15.7 Å². The van der Waals surface area contributed by atoms with Crippen molar-refractivity contribution in [1.82, 2.24) is 10.6 Å². The largest absolute Gasteiger partial charge is 0.478 e. The van der Waals surface area contributed by atoms with Gasteiger partial charge in [0.1, 0.15) is 0 Å². The highest BCUT2D eigenvalue weighted by Crippen LogP contribution is 2.23. The highest BCUT2D eigenvalue weighted by molar-refractivity contribution is 5.87. The van der Waals surface area contributed by atoms with Crippen molar-refractivity contribution in [2.24, 2.45) is 0 Å². The van der Waals surface area contributed by atoms with Crippen molar-refractivity contribution < 1.29 is 14.7 Å². The summed E-state index contributed by atoms with van der Waals surface area (Å²) in [6, 6.07) is 6.30. The number of hydrogen-bond acceptors (Lipinski definition) is 2. The number of nitrogens with one attached hydrogen (secondary N) is 2. The SMILES string of the molecule is CC1(c2ccc(C(=O)O)cc2)CNC(=O)N1. The summed E-state index contributed by atoms with van der Waals surface area (Å²) in [5.41, 5.74) is 0.661. The molecule has 2 rings (SSSR count). The van der Waals surface area contributed by atoms with E-state index in [4.69, 9.17) is 5.11 Å². The molecule has 0 saturated carbocycles. The molecule has 3 N–H and O–H groups in total. The number of carboxylic acids is 1. The molecule has 1 unspecified atom stereocenters. The first-order chi connectivity index (χ1) is 7.51. The van der Waals surface area contributed by atoms with Gasteiger partial charge in [-0.2, -0.15) is 0 Å². The molecular formula is C11H12N2O3. The lowest BCUT2D eigenvalue weighted by Gasteiger charge is -2.22. The Morgan fingerprint density at radius 2 is 2.00 bits per heavy atom. The molecule has 84 valence electrons. The average Bonchev–Trinajstić information content (AvgIpc) is 2.60. The molecule has 16 heavy (non-hydrogen) atoms. The van der Waals surface area contributed by atoms with Crippen LogP contribution in [-0.4, -0.2) is 23.7 Å². The van der Waals surface area contributed by atoms with Crippen molar-refractivity contribution in [3.63, 3.8) is 0 Å². The van der Waals surface area contributed by atoms with E-state index in [2.05, 4.69) is 10.6 Å². The summed E-state index contributed by atoms with van der Waals surface area (Å²) in [4.78, 5) is 21.8. The van der Waals surface area contributed by atoms with E-state index in [1.807, 2.05) is 6.92 Å². The van der Waals surface area contributed by atoms with E-state index in [1.54, 1.807) is 12.1 Å². The molecule has 1 fully saturated rings. The smallest absolute Gasteiger partial charge is 0.335 e. The van der Waals surface area contributed by atoms with Crippen molar-refractivity contribution in [1.29, 1.82) is 0 Å². The van der Waals surface area contributed by atoms with Gasteiger partial charge in [0.05, 0.1) is 11.1 Å². The zero-order chi connectivity index (χ0) is 11.8. The zero-order valence-corrected chi connectivity index (χ0v) is 8.78. The monoisotopic (exact) mass is 220 g/mol. The molecule has 1 aliphatic rings. The number of rotatable bonds is 2. The summed E-state index contributed by atoms with van der Waals surface area (Å²) in [7, 11) is 0. The number of hydrogen-bond donors (Lipinski definition) is 3. The molecule has 0 spiro atoms. The summed E-state index contributed by atoms with van der Waals surface area (Å²) >= 11 is 0. The molecule has 0 aliphatic carbocycles. The third-order valence-electron chi connectivity index (χ3n) is 2.76. The summed E-state index contributed by atoms with van der Waals surface area (Å²) < 4.78 is 0. The van der Waals surface area contributed by atoms with Crippen LogP contribution in [0.2, 0.25) is 0 Å². The van der Waals surface area contributed by atoms with Gasteiger partial charge in [-0.05, 0) is 24.6 Å². The van der Waals surface area contributed by atoms with E-state index in [9.17, 15) is 9.59 Å². The van der Waals surface area contributed by atoms with E-state index < -0.39 is 11.5 Å². The van der Waals surface area contributed by atoms with Gasteiger partial charge in [0, 0.05) is 6.54 Å². The fraction of sp³-hybridized carbons (Fsp3) is 0.273. The number of carbonyl (C=O) groups is 2. The highest BCUT2D eigenvalue weighted by atomic mass is 16.4. The number of carbonyl (C=O) groups excluding carboxylic acids is 1. The minimum absolute atomic E-state index is 0.204. The van der Waals surface area contributed by atoms with Gasteiger partial charge in [0.25, 0.3) is 0 Å². The molecule has 1 aliphatic heterocycles. The minimum atomic E-state index is -0.953. The Bertz CT molecular complexity index is 441. The van der Waals surface area contributed by atoms with Crippen molar-refractivity contribution in [2.45, 2.75) is 12.5 Å². The fourth-order valence-electron chi connectivity index (χ4n) is 1.75. The first kappa shape index (κ1) is 10.5. The van der Waals surface area contributed by atoms with Crippen LogP contribution in [0.5, 0.6) is 0 Å². The van der Waals surface area contributed by atoms with Gasteiger partial charge in [-0.25, -0.2) is 9.59 Å². The lowest BCUT2D eigenvalue weighted by molar-refractivity contribution is 0.0696. The predicted molar refractivity (Wildman–Crippen MR) is 57.3 cm³/mol. The molecule has 1 saturated heterocycles. The third kappa shape index (κ3) is 1.71. The predicted octanol–water partition coefficient (Wildman–Crippen LogP) is 0.913. The van der Waals surface area contributed by atoms with Crippen LogP contribution in [0, 0.1) is 0 Å². The maximum absolute atomic E-state index is 11.1. The Morgan fingerprint density at radius 1 is 1.38 bits per heavy atom. The van der Waals surface area contributed by atoms with Gasteiger partial charge in [0.15, 0.2) is 0 Å². The van der Waals surface area contributed by atoms with Gasteiger partial charge >= 0.3 is 12.0 Å². The van der Waals surface area contributed by atoms with Gasteiger partial charge in [-0.1, -0.05) is 12.1 Å². The van der Waals surface area contributed by atoms with Crippen LogP contribution >= 0.6 is 0 Å². The molecule has 5 nitrogen and oxygen atoms in total. The van der Waals surface area contributed by atoms with E-state index in [1.165, 1.54) is 12.1 Å². The number of urea groups is 1. The van der Waals surface area contributed by atoms with E-state index in [-0.39, 0.29) is 11.6 Å². The van der Waals surface area contributed by atoms with Crippen LogP contribution < -0.4 is 10.6 Å². The second kappa shape index (κ2) is 3.52. The minimum Gasteiger partial charge on any atom is -0.478 e. The number of carboxylic acid groups (broad SMARTS) is 1. The standard InChI is InChI=1S/C11H12N2O3/c1-11(6-12-10(16)13-11)8-4-2-7(3-5-8)9(14)15/h2-5H,6H2,1H3,(H,14,15)(H2,12,13,16). The van der Waals surface area contributed by atoms with Crippen molar-refractivity contribution >= 4 is 12.0 Å². The second-order valence-corrected chi connectivity index (χ2v) is 4.02. The van der Waals surface area contributed by atoms with Gasteiger partial charge in [-0.3, -0.25) is 0 Å². The van der Waals surface area contributed by atoms with E-state index >= 15 is 0 Å². The maximum atomic E-state index is 11.1. The quantitative estimate of drug-likeness (QED) is 0.693. The fourth-order valence-corrected chi connectivity index (χ4v) is 1.75. The van der Waals surface area contributed by atoms with Crippen molar-refractivity contribution in [3.8, 4) is 0 Å². The maximum Gasteiger partial charge on any atom is 0.335 e. The van der Waals surface area contributed by atoms with Crippen molar-refractivity contribution in [2.75, 3.05) is 6.54 Å². The van der Waals surface area contributed by atoms with E-state index in [0.29, 0.717) is 6.54 Å². The van der Waals surface area contributed by atoms with E-state index in [0.717, 1.165) is 5.56 Å². The normalized spacial score (nSPS) is 23.7. The number of benzene rings is 1. The average molecular weight is 220 g/mol.